The monoisotopic (exact) mass is 1730 g/mol. The lowest BCUT2D eigenvalue weighted by Gasteiger charge is -2.59. The molecule has 15 rings (SSSR count). The van der Waals surface area contributed by atoms with Gasteiger partial charge in [-0.1, -0.05) is 196 Å². The Labute approximate surface area is 729 Å². The van der Waals surface area contributed by atoms with Crippen LogP contribution in [-0.2, 0) is 69.2 Å². The number of benzene rings is 3. The summed E-state index contributed by atoms with van der Waals surface area (Å²) < 4.78 is 74.7. The third-order valence-corrected chi connectivity index (χ3v) is 26.8. The Morgan fingerprint density at radius 3 is 0.787 bits per heavy atom. The third kappa shape index (κ3) is 16.5. The topological polar surface area (TPSA) is 202 Å². The lowest BCUT2D eigenvalue weighted by atomic mass is 9.68. The number of hydrogen-bond acceptors (Lipinski definition) is 16. The second-order valence-electron chi connectivity index (χ2n) is 38.9. The predicted molar refractivity (Wildman–Crippen MR) is 491 cm³/mol. The Kier molecular flexibility index (Phi) is 23.8. The Hall–Kier alpha value is -9.16. The normalized spacial score (nSPS) is 15.5. The first-order valence-corrected chi connectivity index (χ1v) is 44.7. The minimum Gasteiger partial charge on any atom is -0.378 e. The van der Waals surface area contributed by atoms with Gasteiger partial charge in [0.25, 0.3) is 16.7 Å². The van der Waals surface area contributed by atoms with Crippen molar-refractivity contribution in [2.45, 2.75) is 161 Å². The van der Waals surface area contributed by atoms with Crippen LogP contribution in [0.4, 0.5) is 17.1 Å². The number of hydrogen-bond donors (Lipinski definition) is 0. The number of phosphoric ester groups is 1. The lowest BCUT2D eigenvalue weighted by Crippen LogP contribution is -2.61. The molecular weight excluding hydrogens is 1620 g/mol. The van der Waals surface area contributed by atoms with E-state index in [4.69, 9.17) is 77.5 Å². The number of aromatic nitrogens is 9. The van der Waals surface area contributed by atoms with Crippen molar-refractivity contribution in [1.29, 1.82) is 0 Å². The standard InChI is InChI=1S/C96H114Cl3N12O10P/c1-88(2,3)94(89(4,5)6,109-61-79(76-52-73(55-100-85(76)109)103-37-43-116-44-38-103)67-31-34-106(82(112)49-67)58-64-19-25-70(97)26-20-64)119-122(115,120-95(90(7,8)9,91(10,11)12)110-62-80(77-53-74(56-101-86(77)110)104-39-45-117-46-40-104)68-32-35-107(83(113)50-68)59-65-21-27-71(98)28-22-65)121-96(92(13,14)15,93(16,17)18)111-63-81(78-54-75(57-102-87(78)111)105-41-47-118-48-42-105)69-33-36-108(84(114)51-69)60-66-23-29-72(99)30-24-66/h19-36,49-57,61-63H,37-48,58-60H2,1-18H3. The van der Waals surface area contributed by atoms with Crippen molar-refractivity contribution < 1.29 is 32.3 Å². The first-order chi connectivity index (χ1) is 57.5. The molecule has 0 radical (unpaired) electrons. The lowest BCUT2D eigenvalue weighted by molar-refractivity contribution is -0.259. The van der Waals surface area contributed by atoms with Crippen LogP contribution in [0.25, 0.3) is 66.5 Å². The summed E-state index contributed by atoms with van der Waals surface area (Å²) in [6.45, 7) is 45.0. The molecule has 0 spiro atoms. The van der Waals surface area contributed by atoms with Crippen LogP contribution < -0.4 is 31.4 Å². The van der Waals surface area contributed by atoms with E-state index in [1.165, 1.54) is 0 Å². The zero-order valence-corrected chi connectivity index (χ0v) is 76.6. The number of ether oxygens (including phenoxy) is 3. The highest BCUT2D eigenvalue weighted by molar-refractivity contribution is 7.48. The quantitative estimate of drug-likeness (QED) is 0.0614. The molecule has 0 amide bonds. The molecule has 0 N–H and O–H groups in total. The fourth-order valence-corrected chi connectivity index (χ4v) is 22.9. The summed E-state index contributed by atoms with van der Waals surface area (Å²) in [6, 6.07) is 39.6. The molecule has 26 heteroatoms. The first kappa shape index (κ1) is 87.7. The Morgan fingerprint density at radius 2 is 0.574 bits per heavy atom. The van der Waals surface area contributed by atoms with Crippen molar-refractivity contribution in [3.05, 3.63) is 246 Å². The van der Waals surface area contributed by atoms with E-state index in [-0.39, 0.29) is 16.7 Å². The van der Waals surface area contributed by atoms with Gasteiger partial charge in [-0.15, -0.1) is 0 Å². The van der Waals surface area contributed by atoms with E-state index in [2.05, 4.69) is 158 Å². The molecule has 3 saturated heterocycles. The maximum Gasteiger partial charge on any atom is 0.481 e. The van der Waals surface area contributed by atoms with Gasteiger partial charge in [-0.2, -0.15) is 0 Å². The van der Waals surface area contributed by atoms with Crippen LogP contribution in [0.3, 0.4) is 0 Å². The minimum atomic E-state index is -5.73. The fourth-order valence-electron chi connectivity index (χ4n) is 19.5. The number of fused-ring (bicyclic) bond motifs is 3. The molecule has 644 valence electrons. The number of halogens is 3. The highest BCUT2D eigenvalue weighted by atomic mass is 35.5. The van der Waals surface area contributed by atoms with Gasteiger partial charge >= 0.3 is 7.82 Å². The maximum atomic E-state index is 20.1. The summed E-state index contributed by atoms with van der Waals surface area (Å²) in [5.41, 5.74) is -2.81. The second-order valence-corrected chi connectivity index (χ2v) is 41.7. The van der Waals surface area contributed by atoms with Gasteiger partial charge in [-0.25, -0.2) is 19.5 Å². The summed E-state index contributed by atoms with van der Waals surface area (Å²) in [5, 5.41) is 3.86. The number of phosphoric acid groups is 1. The van der Waals surface area contributed by atoms with Gasteiger partial charge in [0, 0.05) is 175 Å². The van der Waals surface area contributed by atoms with E-state index < -0.39 is 57.5 Å². The van der Waals surface area contributed by atoms with Crippen LogP contribution in [0.2, 0.25) is 15.1 Å². The van der Waals surface area contributed by atoms with Crippen molar-refractivity contribution >= 4 is 92.8 Å². The SMILES string of the molecule is CC(C)(C)C(OP(=O)(OC(n1cc(-c2ccn(Cc3ccc(Cl)cc3)c(=O)c2)c2cc(N3CCOCC3)cnc21)(C(C)(C)C)C(C)(C)C)OC(n1cc(-c2ccn(Cc3ccc(Cl)cc3)c(=O)c2)c2cc(N3CCOCC3)cnc21)(C(C)(C)C)C(C)(C)C)(n1cc(-c2ccn(Cc3ccc(Cl)cc3)c(=O)c2)c2cc(N3CCOCC3)cnc21)C(C)(C)C. The van der Waals surface area contributed by atoms with E-state index >= 15 is 4.57 Å². The minimum absolute atomic E-state index is 0.241. The third-order valence-electron chi connectivity index (χ3n) is 24.6. The molecule has 22 nitrogen and oxygen atoms in total. The van der Waals surface area contributed by atoms with Crippen molar-refractivity contribution in [3.8, 4) is 33.4 Å². The number of rotatable bonds is 21. The number of morpholine rings is 3. The smallest absolute Gasteiger partial charge is 0.378 e. The molecule has 0 bridgehead atoms. The molecule has 12 heterocycles. The second kappa shape index (κ2) is 33.1. The van der Waals surface area contributed by atoms with E-state index in [9.17, 15) is 14.4 Å². The number of nitrogens with zero attached hydrogens (tertiary/aromatic N) is 12. The van der Waals surface area contributed by atoms with Gasteiger partial charge in [0.15, 0.2) is 17.2 Å². The van der Waals surface area contributed by atoms with Crippen molar-refractivity contribution in [3.63, 3.8) is 0 Å². The van der Waals surface area contributed by atoms with E-state index in [0.29, 0.717) is 180 Å². The molecule has 0 unspecified atom stereocenters. The van der Waals surface area contributed by atoms with Gasteiger partial charge in [-0.05, 0) is 106 Å². The summed E-state index contributed by atoms with van der Waals surface area (Å²) in [5.74, 6) is 0. The predicted octanol–water partition coefficient (Wildman–Crippen LogP) is 20.6. The fraction of sp³-hybridized carbons (Fsp3) is 0.438. The molecular formula is C96H114Cl3N12O10P. The molecule has 0 atom stereocenters. The molecule has 3 aliphatic heterocycles. The van der Waals surface area contributed by atoms with Crippen LogP contribution in [-0.4, -0.2) is 121 Å². The van der Waals surface area contributed by atoms with Crippen LogP contribution in [0.15, 0.2) is 198 Å². The van der Waals surface area contributed by atoms with Crippen LogP contribution in [0, 0.1) is 32.5 Å². The van der Waals surface area contributed by atoms with Crippen LogP contribution in [0.5, 0.6) is 0 Å². The van der Waals surface area contributed by atoms with Crippen LogP contribution in [0.1, 0.15) is 141 Å². The Bertz CT molecular complexity index is 5480. The zero-order chi connectivity index (χ0) is 87.2. The largest absolute Gasteiger partial charge is 0.481 e. The molecule has 3 aromatic carbocycles. The van der Waals surface area contributed by atoms with E-state index in [0.717, 1.165) is 33.8 Å². The van der Waals surface area contributed by atoms with Gasteiger partial charge in [0.05, 0.1) is 94.9 Å². The number of pyridine rings is 6. The molecule has 12 aromatic rings. The van der Waals surface area contributed by atoms with Gasteiger partial charge in [0.2, 0.25) is 0 Å². The summed E-state index contributed by atoms with van der Waals surface area (Å²) in [4.78, 5) is 68.1. The van der Waals surface area contributed by atoms with Gasteiger partial charge in [-0.3, -0.25) is 28.0 Å². The Morgan fingerprint density at radius 1 is 0.344 bits per heavy atom. The van der Waals surface area contributed by atoms with Crippen molar-refractivity contribution in [2.24, 2.45) is 32.5 Å². The molecule has 9 aromatic heterocycles. The number of anilines is 3. The summed E-state index contributed by atoms with van der Waals surface area (Å²) >= 11 is 19.1. The maximum absolute atomic E-state index is 20.1. The average molecular weight is 1730 g/mol. The first-order valence-electron chi connectivity index (χ1n) is 42.1. The van der Waals surface area contributed by atoms with Gasteiger partial charge < -0.3 is 56.3 Å². The summed E-state index contributed by atoms with van der Waals surface area (Å²) in [6.07, 6.45) is 17.1. The molecule has 122 heavy (non-hydrogen) atoms. The highest BCUT2D eigenvalue weighted by Gasteiger charge is 2.68. The van der Waals surface area contributed by atoms with E-state index in [1.807, 2.05) is 160 Å². The van der Waals surface area contributed by atoms with Crippen LogP contribution >= 0.6 is 42.6 Å². The molecule has 3 fully saturated rings. The molecule has 0 saturated carbocycles. The average Bonchev–Trinajstić information content (AvgIpc) is 1.39. The van der Waals surface area contributed by atoms with E-state index in [1.54, 1.807) is 31.9 Å². The van der Waals surface area contributed by atoms with Crippen molar-refractivity contribution in [1.82, 2.24) is 42.4 Å². The molecule has 3 aliphatic rings. The molecule has 0 aliphatic carbocycles. The highest BCUT2D eigenvalue weighted by Crippen LogP contribution is 2.73. The zero-order valence-electron chi connectivity index (χ0n) is 73.5. The van der Waals surface area contributed by atoms with Gasteiger partial charge in [0.1, 0.15) is 16.9 Å². The summed E-state index contributed by atoms with van der Waals surface area (Å²) in [7, 11) is -5.73. The van der Waals surface area contributed by atoms with Crippen molar-refractivity contribution in [2.75, 3.05) is 93.6 Å². The Balaban J connectivity index is 1.02.